The zero-order valence-electron chi connectivity index (χ0n) is 7.73. The van der Waals surface area contributed by atoms with Gasteiger partial charge in [-0.15, -0.1) is 0 Å². The zero-order valence-corrected chi connectivity index (χ0v) is 7.73. The molecular weight excluding hydrogens is 178 g/mol. The fraction of sp³-hybridized carbons (Fsp3) is 0.182. The third-order valence-corrected chi connectivity index (χ3v) is 1.94. The smallest absolute Gasteiger partial charge is 0.181 e. The summed E-state index contributed by atoms with van der Waals surface area (Å²) in [6.07, 6.45) is 1.16. The van der Waals surface area contributed by atoms with E-state index in [-0.39, 0.29) is 0 Å². The Morgan fingerprint density at radius 3 is 3.07 bits per heavy atom. The van der Waals surface area contributed by atoms with Crippen molar-refractivity contribution in [1.29, 1.82) is 5.26 Å². The van der Waals surface area contributed by atoms with E-state index in [0.29, 0.717) is 5.75 Å². The van der Waals surface area contributed by atoms with Crippen LogP contribution in [0.5, 0.6) is 5.75 Å². The summed E-state index contributed by atoms with van der Waals surface area (Å²) >= 11 is 0. The number of nitriles is 1. The first-order valence-electron chi connectivity index (χ1n) is 4.34. The van der Waals surface area contributed by atoms with Gasteiger partial charge < -0.3 is 9.15 Å². The SMILES string of the molecule is CC(C#N)Oc1cccc2occc12. The lowest BCUT2D eigenvalue weighted by atomic mass is 10.2. The average Bonchev–Trinajstić information content (AvgIpc) is 2.66. The normalized spacial score (nSPS) is 12.3. The fourth-order valence-electron chi connectivity index (χ4n) is 1.29. The third kappa shape index (κ3) is 1.42. The van der Waals surface area contributed by atoms with Gasteiger partial charge >= 0.3 is 0 Å². The van der Waals surface area contributed by atoms with Crippen molar-refractivity contribution >= 4 is 11.0 Å². The molecule has 0 bridgehead atoms. The maximum atomic E-state index is 8.62. The summed E-state index contributed by atoms with van der Waals surface area (Å²) in [6.45, 7) is 1.71. The van der Waals surface area contributed by atoms with Gasteiger partial charge in [0.1, 0.15) is 17.4 Å². The number of nitrogens with zero attached hydrogens (tertiary/aromatic N) is 1. The molecule has 0 aliphatic rings. The number of hydrogen-bond donors (Lipinski definition) is 0. The van der Waals surface area contributed by atoms with Gasteiger partial charge in [-0.1, -0.05) is 6.07 Å². The molecule has 0 amide bonds. The number of benzene rings is 1. The molecule has 70 valence electrons. The van der Waals surface area contributed by atoms with Crippen LogP contribution in [0.15, 0.2) is 34.9 Å². The first-order valence-corrected chi connectivity index (χ1v) is 4.34. The summed E-state index contributed by atoms with van der Waals surface area (Å²) in [5, 5.41) is 9.52. The van der Waals surface area contributed by atoms with Crippen LogP contribution in [0.3, 0.4) is 0 Å². The largest absolute Gasteiger partial charge is 0.475 e. The van der Waals surface area contributed by atoms with Gasteiger partial charge in [-0.3, -0.25) is 0 Å². The first-order chi connectivity index (χ1) is 6.81. The zero-order chi connectivity index (χ0) is 9.97. The fourth-order valence-corrected chi connectivity index (χ4v) is 1.29. The topological polar surface area (TPSA) is 46.2 Å². The summed E-state index contributed by atoms with van der Waals surface area (Å²) < 4.78 is 10.6. The molecule has 3 heteroatoms. The van der Waals surface area contributed by atoms with Gasteiger partial charge in [0.25, 0.3) is 0 Å². The highest BCUT2D eigenvalue weighted by Crippen LogP contribution is 2.26. The second-order valence-electron chi connectivity index (χ2n) is 2.98. The summed E-state index contributed by atoms with van der Waals surface area (Å²) in [5.74, 6) is 0.685. The minimum Gasteiger partial charge on any atom is -0.475 e. The highest BCUT2D eigenvalue weighted by molar-refractivity contribution is 5.83. The lowest BCUT2D eigenvalue weighted by Gasteiger charge is -2.07. The van der Waals surface area contributed by atoms with Crippen molar-refractivity contribution < 1.29 is 9.15 Å². The molecule has 1 atom stereocenters. The molecule has 1 unspecified atom stereocenters. The van der Waals surface area contributed by atoms with Gasteiger partial charge in [0, 0.05) is 0 Å². The molecule has 1 heterocycles. The van der Waals surface area contributed by atoms with Crippen LogP contribution in [0, 0.1) is 11.3 Å². The quantitative estimate of drug-likeness (QED) is 0.726. The molecule has 2 rings (SSSR count). The molecule has 1 aromatic carbocycles. The molecular formula is C11H9NO2. The molecule has 0 aliphatic carbocycles. The average molecular weight is 187 g/mol. The number of hydrogen-bond acceptors (Lipinski definition) is 3. The summed E-state index contributed by atoms with van der Waals surface area (Å²) in [5.41, 5.74) is 0.771. The molecule has 0 saturated heterocycles. The molecule has 0 radical (unpaired) electrons. The van der Waals surface area contributed by atoms with E-state index in [9.17, 15) is 0 Å². The molecule has 0 fully saturated rings. The predicted octanol–water partition coefficient (Wildman–Crippen LogP) is 2.72. The van der Waals surface area contributed by atoms with Gasteiger partial charge in [-0.25, -0.2) is 0 Å². The van der Waals surface area contributed by atoms with Crippen LogP contribution < -0.4 is 4.74 Å². The second-order valence-corrected chi connectivity index (χ2v) is 2.98. The van der Waals surface area contributed by atoms with Crippen molar-refractivity contribution in [1.82, 2.24) is 0 Å². The summed E-state index contributed by atoms with van der Waals surface area (Å²) in [7, 11) is 0. The van der Waals surface area contributed by atoms with Crippen molar-refractivity contribution in [2.24, 2.45) is 0 Å². The highest BCUT2D eigenvalue weighted by atomic mass is 16.5. The Kier molecular flexibility index (Phi) is 2.11. The highest BCUT2D eigenvalue weighted by Gasteiger charge is 2.07. The van der Waals surface area contributed by atoms with E-state index < -0.39 is 6.10 Å². The van der Waals surface area contributed by atoms with E-state index in [2.05, 4.69) is 0 Å². The van der Waals surface area contributed by atoms with Crippen LogP contribution >= 0.6 is 0 Å². The molecule has 1 aromatic heterocycles. The molecule has 0 spiro atoms. The first kappa shape index (κ1) is 8.64. The molecule has 3 nitrogen and oxygen atoms in total. The lowest BCUT2D eigenvalue weighted by Crippen LogP contribution is -2.07. The van der Waals surface area contributed by atoms with Crippen LogP contribution in [-0.4, -0.2) is 6.10 Å². The van der Waals surface area contributed by atoms with Crippen LogP contribution in [0.2, 0.25) is 0 Å². The van der Waals surface area contributed by atoms with Gasteiger partial charge in [0.05, 0.1) is 11.6 Å². The molecule has 0 N–H and O–H groups in total. The minimum absolute atomic E-state index is 0.449. The molecule has 0 saturated carbocycles. The number of ether oxygens (including phenoxy) is 1. The van der Waals surface area contributed by atoms with E-state index in [1.807, 2.05) is 30.3 Å². The Hall–Kier alpha value is -1.95. The second kappa shape index (κ2) is 3.43. The third-order valence-electron chi connectivity index (χ3n) is 1.94. The minimum atomic E-state index is -0.449. The van der Waals surface area contributed by atoms with Crippen molar-refractivity contribution in [2.75, 3.05) is 0 Å². The Bertz CT molecular complexity index is 481. The van der Waals surface area contributed by atoms with E-state index in [1.165, 1.54) is 0 Å². The summed E-state index contributed by atoms with van der Waals surface area (Å²) in [4.78, 5) is 0. The standard InChI is InChI=1S/C11H9NO2/c1-8(7-12)14-11-4-2-3-10-9(11)5-6-13-10/h2-6,8H,1H3. The monoisotopic (exact) mass is 187 g/mol. The number of fused-ring (bicyclic) bond motifs is 1. The summed E-state index contributed by atoms with van der Waals surface area (Å²) in [6, 6.07) is 9.37. The molecule has 14 heavy (non-hydrogen) atoms. The van der Waals surface area contributed by atoms with Crippen molar-refractivity contribution in [2.45, 2.75) is 13.0 Å². The van der Waals surface area contributed by atoms with E-state index >= 15 is 0 Å². The van der Waals surface area contributed by atoms with E-state index in [0.717, 1.165) is 11.0 Å². The lowest BCUT2D eigenvalue weighted by molar-refractivity contribution is 0.280. The van der Waals surface area contributed by atoms with Gasteiger partial charge in [0.15, 0.2) is 6.10 Å². The molecule has 2 aromatic rings. The van der Waals surface area contributed by atoms with E-state index in [1.54, 1.807) is 13.2 Å². The molecule has 0 aliphatic heterocycles. The van der Waals surface area contributed by atoms with Crippen LogP contribution in [0.4, 0.5) is 0 Å². The maximum absolute atomic E-state index is 8.62. The Balaban J connectivity index is 2.42. The Morgan fingerprint density at radius 1 is 1.43 bits per heavy atom. The van der Waals surface area contributed by atoms with Gasteiger partial charge in [-0.05, 0) is 25.1 Å². The van der Waals surface area contributed by atoms with Crippen LogP contribution in [0.1, 0.15) is 6.92 Å². The van der Waals surface area contributed by atoms with E-state index in [4.69, 9.17) is 14.4 Å². The number of rotatable bonds is 2. The van der Waals surface area contributed by atoms with Crippen LogP contribution in [-0.2, 0) is 0 Å². The van der Waals surface area contributed by atoms with Gasteiger partial charge in [0.2, 0.25) is 0 Å². The van der Waals surface area contributed by atoms with Gasteiger partial charge in [-0.2, -0.15) is 5.26 Å². The Labute approximate surface area is 81.5 Å². The van der Waals surface area contributed by atoms with Crippen molar-refractivity contribution in [3.63, 3.8) is 0 Å². The number of furan rings is 1. The maximum Gasteiger partial charge on any atom is 0.181 e. The van der Waals surface area contributed by atoms with Crippen molar-refractivity contribution in [3.8, 4) is 11.8 Å². The Morgan fingerprint density at radius 2 is 2.29 bits per heavy atom. The van der Waals surface area contributed by atoms with Crippen LogP contribution in [0.25, 0.3) is 11.0 Å². The predicted molar refractivity (Wildman–Crippen MR) is 51.9 cm³/mol. The van der Waals surface area contributed by atoms with Crippen molar-refractivity contribution in [3.05, 3.63) is 30.5 Å².